The molecule has 0 aliphatic carbocycles. The van der Waals surface area contributed by atoms with Crippen LogP contribution >= 0.6 is 24.0 Å². The van der Waals surface area contributed by atoms with E-state index in [0.29, 0.717) is 24.1 Å². The van der Waals surface area contributed by atoms with Gasteiger partial charge in [-0.15, -0.1) is 24.0 Å². The minimum Gasteiger partial charge on any atom is -0.439 e. The number of benzene rings is 1. The second-order valence-corrected chi connectivity index (χ2v) is 7.40. The van der Waals surface area contributed by atoms with Crippen LogP contribution in [0.2, 0.25) is 0 Å². The first kappa shape index (κ1) is 26.3. The van der Waals surface area contributed by atoms with Gasteiger partial charge in [-0.05, 0) is 42.9 Å². The van der Waals surface area contributed by atoms with Crippen LogP contribution in [0.15, 0.2) is 47.6 Å². The summed E-state index contributed by atoms with van der Waals surface area (Å²) < 4.78 is 29.9. The quantitative estimate of drug-likeness (QED) is 0.198. The standard InChI is InChI=1S/C23H31FN4O3.HI/c1-25-23(26-10-3-11-30-17-18-8-12-29-13-9-18)28-16-19-6-7-22(27-15-19)31-21-5-2-4-20(24)14-21;/h2,4-7,14-15,18H,3,8-13,16-17H2,1H3,(H2,25,26,28);1H. The highest BCUT2D eigenvalue weighted by atomic mass is 127. The van der Waals surface area contributed by atoms with E-state index >= 15 is 0 Å². The Morgan fingerprint density at radius 1 is 1.22 bits per heavy atom. The maximum absolute atomic E-state index is 13.2. The summed E-state index contributed by atoms with van der Waals surface area (Å²) in [6.07, 6.45) is 4.83. The number of rotatable bonds is 10. The molecule has 2 N–H and O–H groups in total. The summed E-state index contributed by atoms with van der Waals surface area (Å²) in [6.45, 7) is 4.63. The van der Waals surface area contributed by atoms with Crippen LogP contribution in [-0.2, 0) is 16.0 Å². The summed E-state index contributed by atoms with van der Waals surface area (Å²) in [5.41, 5.74) is 0.981. The molecule has 0 saturated carbocycles. The number of ether oxygens (including phenoxy) is 3. The molecule has 0 radical (unpaired) electrons. The fraction of sp³-hybridized carbons (Fsp3) is 0.478. The fourth-order valence-electron chi connectivity index (χ4n) is 3.18. The molecule has 32 heavy (non-hydrogen) atoms. The Morgan fingerprint density at radius 2 is 2.06 bits per heavy atom. The molecule has 0 amide bonds. The highest BCUT2D eigenvalue weighted by molar-refractivity contribution is 14.0. The number of aliphatic imine (C=N–C) groups is 1. The van der Waals surface area contributed by atoms with E-state index < -0.39 is 0 Å². The van der Waals surface area contributed by atoms with Gasteiger partial charge in [0.2, 0.25) is 5.88 Å². The highest BCUT2D eigenvalue weighted by Crippen LogP contribution is 2.20. The molecule has 1 aliphatic rings. The summed E-state index contributed by atoms with van der Waals surface area (Å²) in [6, 6.07) is 9.64. The molecule has 1 aliphatic heterocycles. The van der Waals surface area contributed by atoms with Crippen molar-refractivity contribution in [2.45, 2.75) is 25.8 Å². The van der Waals surface area contributed by atoms with Gasteiger partial charge in [0.05, 0.1) is 0 Å². The smallest absolute Gasteiger partial charge is 0.219 e. The zero-order chi connectivity index (χ0) is 21.7. The van der Waals surface area contributed by atoms with Crippen molar-refractivity contribution >= 4 is 29.9 Å². The molecule has 2 aromatic rings. The largest absolute Gasteiger partial charge is 0.439 e. The Labute approximate surface area is 206 Å². The number of aromatic nitrogens is 1. The summed E-state index contributed by atoms with van der Waals surface area (Å²) in [5, 5.41) is 6.54. The third-order valence-electron chi connectivity index (χ3n) is 4.95. The van der Waals surface area contributed by atoms with Crippen LogP contribution < -0.4 is 15.4 Å². The Bertz CT molecular complexity index is 817. The van der Waals surface area contributed by atoms with Crippen molar-refractivity contribution in [2.24, 2.45) is 10.9 Å². The van der Waals surface area contributed by atoms with E-state index in [1.165, 1.54) is 12.1 Å². The van der Waals surface area contributed by atoms with E-state index in [1.807, 2.05) is 6.07 Å². The normalized spacial score (nSPS) is 14.5. The van der Waals surface area contributed by atoms with E-state index in [0.717, 1.165) is 63.8 Å². The Balaban J connectivity index is 0.00000363. The summed E-state index contributed by atoms with van der Waals surface area (Å²) in [4.78, 5) is 8.51. The van der Waals surface area contributed by atoms with Crippen LogP contribution in [0, 0.1) is 11.7 Å². The van der Waals surface area contributed by atoms with E-state index in [2.05, 4.69) is 20.6 Å². The van der Waals surface area contributed by atoms with Gasteiger partial charge in [-0.1, -0.05) is 12.1 Å². The maximum Gasteiger partial charge on any atom is 0.219 e. The van der Waals surface area contributed by atoms with Crippen LogP contribution in [0.3, 0.4) is 0 Å². The third kappa shape index (κ3) is 9.66. The summed E-state index contributed by atoms with van der Waals surface area (Å²) in [5.74, 6) is 1.85. The molecule has 3 rings (SSSR count). The Morgan fingerprint density at radius 3 is 2.78 bits per heavy atom. The van der Waals surface area contributed by atoms with Crippen molar-refractivity contribution in [3.8, 4) is 11.6 Å². The van der Waals surface area contributed by atoms with E-state index in [9.17, 15) is 4.39 Å². The average molecular weight is 558 g/mol. The third-order valence-corrected chi connectivity index (χ3v) is 4.95. The molecule has 7 nitrogen and oxygen atoms in total. The SMILES string of the molecule is CN=C(NCCCOCC1CCOCC1)NCc1ccc(Oc2cccc(F)c2)nc1.I. The molecule has 2 heterocycles. The van der Waals surface area contributed by atoms with Gasteiger partial charge in [0.25, 0.3) is 0 Å². The number of halogens is 2. The van der Waals surface area contributed by atoms with Crippen molar-refractivity contribution < 1.29 is 18.6 Å². The van der Waals surface area contributed by atoms with Gasteiger partial charge in [0, 0.05) is 64.9 Å². The highest BCUT2D eigenvalue weighted by Gasteiger charge is 2.13. The van der Waals surface area contributed by atoms with E-state index in [4.69, 9.17) is 14.2 Å². The number of pyridine rings is 1. The first-order valence-electron chi connectivity index (χ1n) is 10.7. The topological polar surface area (TPSA) is 77.0 Å². The fourth-order valence-corrected chi connectivity index (χ4v) is 3.18. The lowest BCUT2D eigenvalue weighted by Gasteiger charge is -2.21. The first-order chi connectivity index (χ1) is 15.2. The monoisotopic (exact) mass is 558 g/mol. The van der Waals surface area contributed by atoms with Crippen LogP contribution in [0.25, 0.3) is 0 Å². The molecule has 1 aromatic carbocycles. The molecule has 1 aromatic heterocycles. The number of guanidine groups is 1. The zero-order valence-electron chi connectivity index (χ0n) is 18.4. The molecule has 1 saturated heterocycles. The Kier molecular flexibility index (Phi) is 12.3. The minimum absolute atomic E-state index is 0. The van der Waals surface area contributed by atoms with Gasteiger partial charge in [-0.25, -0.2) is 9.37 Å². The van der Waals surface area contributed by atoms with Crippen LogP contribution in [0.1, 0.15) is 24.8 Å². The predicted octanol–water partition coefficient (Wildman–Crippen LogP) is 4.13. The predicted molar refractivity (Wildman–Crippen MR) is 133 cm³/mol. The van der Waals surface area contributed by atoms with Crippen molar-refractivity contribution in [3.63, 3.8) is 0 Å². The number of nitrogens with zero attached hydrogens (tertiary/aromatic N) is 2. The van der Waals surface area contributed by atoms with Crippen LogP contribution in [-0.4, -0.2) is 51.0 Å². The van der Waals surface area contributed by atoms with Gasteiger partial charge in [0.1, 0.15) is 11.6 Å². The van der Waals surface area contributed by atoms with Gasteiger partial charge in [0.15, 0.2) is 5.96 Å². The van der Waals surface area contributed by atoms with Gasteiger partial charge < -0.3 is 24.8 Å². The first-order valence-corrected chi connectivity index (χ1v) is 10.7. The maximum atomic E-state index is 13.2. The molecule has 176 valence electrons. The average Bonchev–Trinajstić information content (AvgIpc) is 2.80. The van der Waals surface area contributed by atoms with E-state index in [-0.39, 0.29) is 29.8 Å². The lowest BCUT2D eigenvalue weighted by molar-refractivity contribution is 0.0203. The van der Waals surface area contributed by atoms with Crippen molar-refractivity contribution in [3.05, 3.63) is 54.0 Å². The summed E-state index contributed by atoms with van der Waals surface area (Å²) >= 11 is 0. The second kappa shape index (κ2) is 15.0. The molecule has 0 unspecified atom stereocenters. The molecular weight excluding hydrogens is 526 g/mol. The Hall–Kier alpha value is -1.98. The van der Waals surface area contributed by atoms with Crippen molar-refractivity contribution in [1.29, 1.82) is 0 Å². The molecule has 0 spiro atoms. The minimum atomic E-state index is -0.344. The van der Waals surface area contributed by atoms with Gasteiger partial charge >= 0.3 is 0 Å². The lowest BCUT2D eigenvalue weighted by atomic mass is 10.0. The molecular formula is C23H32FIN4O3. The van der Waals surface area contributed by atoms with Gasteiger partial charge in [-0.3, -0.25) is 4.99 Å². The van der Waals surface area contributed by atoms with E-state index in [1.54, 1.807) is 31.4 Å². The number of hydrogen-bond acceptors (Lipinski definition) is 5. The van der Waals surface area contributed by atoms with Gasteiger partial charge in [-0.2, -0.15) is 0 Å². The summed E-state index contributed by atoms with van der Waals surface area (Å²) in [7, 11) is 1.74. The molecule has 0 atom stereocenters. The molecule has 1 fully saturated rings. The van der Waals surface area contributed by atoms with Crippen molar-refractivity contribution in [2.75, 3.05) is 40.0 Å². The zero-order valence-corrected chi connectivity index (χ0v) is 20.7. The lowest BCUT2D eigenvalue weighted by Crippen LogP contribution is -2.37. The van der Waals surface area contributed by atoms with Crippen LogP contribution in [0.4, 0.5) is 4.39 Å². The number of nitrogens with one attached hydrogen (secondary N) is 2. The van der Waals surface area contributed by atoms with Crippen LogP contribution in [0.5, 0.6) is 11.6 Å². The molecule has 0 bridgehead atoms. The second-order valence-electron chi connectivity index (χ2n) is 7.40. The van der Waals surface area contributed by atoms with Crippen molar-refractivity contribution in [1.82, 2.24) is 15.6 Å². The molecule has 9 heteroatoms. The number of hydrogen-bond donors (Lipinski definition) is 2.